The average molecular weight is 470 g/mol. The maximum Gasteiger partial charge on any atom is 0.269 e. The summed E-state index contributed by atoms with van der Waals surface area (Å²) in [6, 6.07) is 15.2. The Bertz CT molecular complexity index is 1400. The molecule has 2 aromatic heterocycles. The van der Waals surface area contributed by atoms with Gasteiger partial charge in [0.05, 0.1) is 16.9 Å². The molecule has 0 saturated heterocycles. The molecule has 4 rings (SSSR count). The largest absolute Gasteiger partial charge is 0.497 e. The van der Waals surface area contributed by atoms with Gasteiger partial charge in [0.25, 0.3) is 5.69 Å². The number of nitro benzene ring substituents is 1. The monoisotopic (exact) mass is 470 g/mol. The number of methoxy groups -OCH3 is 1. The fourth-order valence-corrected chi connectivity index (χ4v) is 3.97. The van der Waals surface area contributed by atoms with E-state index in [2.05, 4.69) is 20.0 Å². The molecule has 13 heteroatoms. The summed E-state index contributed by atoms with van der Waals surface area (Å²) in [4.78, 5) is 10.0. The van der Waals surface area contributed by atoms with E-state index in [1.807, 2.05) is 18.2 Å². The minimum absolute atomic E-state index is 0.00133. The lowest BCUT2D eigenvalue weighted by Gasteiger charge is -2.08. The Kier molecular flexibility index (Phi) is 6.15. The van der Waals surface area contributed by atoms with E-state index >= 15 is 0 Å². The molecule has 0 amide bonds. The molecule has 170 valence electrons. The van der Waals surface area contributed by atoms with Crippen LogP contribution < -0.4 is 14.2 Å². The molecule has 0 spiro atoms. The van der Waals surface area contributed by atoms with Crippen LogP contribution in [-0.2, 0) is 10.0 Å². The van der Waals surface area contributed by atoms with Crippen molar-refractivity contribution in [2.75, 3.05) is 20.3 Å². The number of non-ortho nitro benzene ring substituents is 1. The molecule has 0 atom stereocenters. The number of nitrogens with one attached hydrogen (secondary N) is 1. The van der Waals surface area contributed by atoms with Crippen molar-refractivity contribution in [1.29, 1.82) is 0 Å². The lowest BCUT2D eigenvalue weighted by atomic mass is 10.2. The van der Waals surface area contributed by atoms with Gasteiger partial charge in [-0.25, -0.2) is 13.1 Å². The molecule has 4 aromatic rings. The number of rotatable bonds is 9. The van der Waals surface area contributed by atoms with Gasteiger partial charge in [0.2, 0.25) is 15.9 Å². The van der Waals surface area contributed by atoms with Gasteiger partial charge in [-0.2, -0.15) is 4.52 Å². The van der Waals surface area contributed by atoms with E-state index in [4.69, 9.17) is 9.47 Å². The van der Waals surface area contributed by atoms with Crippen molar-refractivity contribution in [2.24, 2.45) is 0 Å². The van der Waals surface area contributed by atoms with E-state index in [-0.39, 0.29) is 29.6 Å². The van der Waals surface area contributed by atoms with Crippen molar-refractivity contribution in [3.63, 3.8) is 0 Å². The first-order valence-corrected chi connectivity index (χ1v) is 11.1. The van der Waals surface area contributed by atoms with Crippen LogP contribution in [0.2, 0.25) is 0 Å². The predicted molar refractivity (Wildman–Crippen MR) is 117 cm³/mol. The summed E-state index contributed by atoms with van der Waals surface area (Å²) in [5.74, 6) is 1.41. The second-order valence-corrected chi connectivity index (χ2v) is 8.46. The van der Waals surface area contributed by atoms with Gasteiger partial charge in [0, 0.05) is 30.3 Å². The van der Waals surface area contributed by atoms with Crippen LogP contribution in [0.5, 0.6) is 11.6 Å². The number of benzene rings is 2. The number of fused-ring (bicyclic) bond motifs is 1. The molecule has 0 aliphatic carbocycles. The first kappa shape index (κ1) is 22.1. The Labute approximate surface area is 188 Å². The third-order valence-corrected chi connectivity index (χ3v) is 6.05. The highest BCUT2D eigenvalue weighted by molar-refractivity contribution is 7.89. The van der Waals surface area contributed by atoms with E-state index in [0.717, 1.165) is 17.7 Å². The fraction of sp³-hybridized carbons (Fsp3) is 0.150. The van der Waals surface area contributed by atoms with Gasteiger partial charge in [-0.3, -0.25) is 10.1 Å². The molecular weight excluding hydrogens is 452 g/mol. The first-order valence-electron chi connectivity index (χ1n) is 9.61. The van der Waals surface area contributed by atoms with Crippen molar-refractivity contribution in [3.05, 3.63) is 70.8 Å². The number of hydrogen-bond acceptors (Lipinski definition) is 9. The molecule has 2 heterocycles. The molecule has 1 N–H and O–H groups in total. The van der Waals surface area contributed by atoms with E-state index in [1.165, 1.54) is 16.6 Å². The lowest BCUT2D eigenvalue weighted by molar-refractivity contribution is -0.384. The molecule has 0 bridgehead atoms. The normalized spacial score (nSPS) is 11.4. The van der Waals surface area contributed by atoms with E-state index in [9.17, 15) is 18.5 Å². The van der Waals surface area contributed by atoms with Crippen molar-refractivity contribution >= 4 is 21.4 Å². The second-order valence-electron chi connectivity index (χ2n) is 6.69. The van der Waals surface area contributed by atoms with Gasteiger partial charge in [0.15, 0.2) is 11.5 Å². The molecule has 0 unspecified atom stereocenters. The second kappa shape index (κ2) is 9.18. The fourth-order valence-electron chi connectivity index (χ4n) is 2.95. The van der Waals surface area contributed by atoms with Gasteiger partial charge < -0.3 is 9.47 Å². The molecule has 12 nitrogen and oxygen atoms in total. The predicted octanol–water partition coefficient (Wildman–Crippen LogP) is 2.07. The highest BCUT2D eigenvalue weighted by Gasteiger charge is 2.16. The van der Waals surface area contributed by atoms with Gasteiger partial charge >= 0.3 is 0 Å². The molecule has 2 aromatic carbocycles. The van der Waals surface area contributed by atoms with Crippen LogP contribution in [0.15, 0.2) is 65.6 Å². The summed E-state index contributed by atoms with van der Waals surface area (Å²) < 4.78 is 39.4. The van der Waals surface area contributed by atoms with Crippen molar-refractivity contribution in [1.82, 2.24) is 24.5 Å². The van der Waals surface area contributed by atoms with Crippen LogP contribution in [0.25, 0.3) is 17.0 Å². The zero-order valence-electron chi connectivity index (χ0n) is 17.3. The summed E-state index contributed by atoms with van der Waals surface area (Å²) in [6.07, 6.45) is 0. The zero-order valence-corrected chi connectivity index (χ0v) is 18.1. The Morgan fingerprint density at radius 1 is 1.09 bits per heavy atom. The number of sulfonamides is 1. The molecule has 0 fully saturated rings. The Hall–Kier alpha value is -4.10. The maximum absolute atomic E-state index is 12.3. The van der Waals surface area contributed by atoms with Crippen LogP contribution in [0.4, 0.5) is 5.69 Å². The highest BCUT2D eigenvalue weighted by atomic mass is 32.2. The van der Waals surface area contributed by atoms with Crippen molar-refractivity contribution in [2.45, 2.75) is 4.90 Å². The Morgan fingerprint density at radius 3 is 2.61 bits per heavy atom. The third-order valence-electron chi connectivity index (χ3n) is 4.57. The minimum Gasteiger partial charge on any atom is -0.497 e. The van der Waals surface area contributed by atoms with Gasteiger partial charge in [-0.15, -0.1) is 15.3 Å². The number of nitrogens with zero attached hydrogens (tertiary/aromatic N) is 5. The molecule has 33 heavy (non-hydrogen) atoms. The van der Waals surface area contributed by atoms with Crippen LogP contribution in [-0.4, -0.2) is 53.4 Å². The van der Waals surface area contributed by atoms with E-state index in [0.29, 0.717) is 17.2 Å². The standard InChI is InChI=1S/C20H18N6O6S/c1-31-16-4-2-3-14(13-16)20-23-22-18-9-10-19(24-25(18)20)32-12-11-21-33(29,30)17-7-5-15(6-8-17)26(27)28/h2-10,13,21H,11-12H2,1H3. The maximum atomic E-state index is 12.3. The summed E-state index contributed by atoms with van der Waals surface area (Å²) in [5, 5.41) is 23.3. The van der Waals surface area contributed by atoms with Gasteiger partial charge in [-0.05, 0) is 30.3 Å². The zero-order chi connectivity index (χ0) is 23.4. The summed E-state index contributed by atoms with van der Waals surface area (Å²) in [7, 11) is -2.27. The smallest absolute Gasteiger partial charge is 0.269 e. The number of aromatic nitrogens is 4. The number of nitro groups is 1. The minimum atomic E-state index is -3.84. The topological polar surface area (TPSA) is 151 Å². The van der Waals surface area contributed by atoms with E-state index < -0.39 is 14.9 Å². The van der Waals surface area contributed by atoms with Gasteiger partial charge in [-0.1, -0.05) is 12.1 Å². The van der Waals surface area contributed by atoms with Crippen LogP contribution in [0, 0.1) is 10.1 Å². The molecule has 0 radical (unpaired) electrons. The third kappa shape index (κ3) is 4.88. The van der Waals surface area contributed by atoms with Gasteiger partial charge in [0.1, 0.15) is 12.4 Å². The number of ether oxygens (including phenoxy) is 2. The molecular formula is C20H18N6O6S. The quantitative estimate of drug-likeness (QED) is 0.220. The lowest BCUT2D eigenvalue weighted by Crippen LogP contribution is -2.28. The Morgan fingerprint density at radius 2 is 1.88 bits per heavy atom. The van der Waals surface area contributed by atoms with Crippen molar-refractivity contribution < 1.29 is 22.8 Å². The summed E-state index contributed by atoms with van der Waals surface area (Å²) in [6.45, 7) is -0.0364. The van der Waals surface area contributed by atoms with E-state index in [1.54, 1.807) is 25.3 Å². The SMILES string of the molecule is COc1cccc(-c2nnc3ccc(OCCNS(=O)(=O)c4ccc([N+](=O)[O-])cc4)nn23)c1. The van der Waals surface area contributed by atoms with Crippen LogP contribution in [0.1, 0.15) is 0 Å². The first-order chi connectivity index (χ1) is 15.9. The van der Waals surface area contributed by atoms with Crippen molar-refractivity contribution in [3.8, 4) is 23.0 Å². The van der Waals surface area contributed by atoms with Crippen LogP contribution >= 0.6 is 0 Å². The average Bonchev–Trinajstić information content (AvgIpc) is 3.25. The summed E-state index contributed by atoms with van der Waals surface area (Å²) >= 11 is 0. The summed E-state index contributed by atoms with van der Waals surface area (Å²) in [5.41, 5.74) is 1.07. The molecule has 0 aliphatic rings. The van der Waals surface area contributed by atoms with Crippen LogP contribution in [0.3, 0.4) is 0 Å². The highest BCUT2D eigenvalue weighted by Crippen LogP contribution is 2.23. The molecule has 0 aliphatic heterocycles. The Balaban J connectivity index is 1.42. The molecule has 0 saturated carbocycles. The number of hydrogen-bond donors (Lipinski definition) is 1.